The van der Waals surface area contributed by atoms with E-state index in [0.29, 0.717) is 66.3 Å². The van der Waals surface area contributed by atoms with Gasteiger partial charge in [-0.3, -0.25) is 9.59 Å². The normalized spacial score (nSPS) is 20.8. The largest absolute Gasteiger partial charge is 0.436 e. The van der Waals surface area contributed by atoms with Crippen LogP contribution in [0.25, 0.3) is 27.4 Å². The maximum Gasteiger partial charge on any atom is 0.391 e. The standard InChI is InChI=1S/C35H39F6N5O3/c1-20(2)28-17-26(42-3)18-29-31(28)49-33(45-29)23-6-4-22(5-7-23)32(48)44-19-21-9-12-46(13-10-21)30(47)8-11-43-27-15-24(34(36,37)38)14-25(16-27)35(39,40)41/h4-7,17-18,20-21,24-25,27,43H,8-16,19H2,1-2H3,(H,44,48). The summed E-state index contributed by atoms with van der Waals surface area (Å²) in [7, 11) is 0. The summed E-state index contributed by atoms with van der Waals surface area (Å²) in [5, 5.41) is 5.71. The Balaban J connectivity index is 1.06. The second-order valence-corrected chi connectivity index (χ2v) is 13.4. The molecule has 1 saturated carbocycles. The number of piperidine rings is 1. The number of aromatic nitrogens is 1. The highest BCUT2D eigenvalue weighted by molar-refractivity contribution is 5.94. The average Bonchev–Trinajstić information content (AvgIpc) is 3.50. The van der Waals surface area contributed by atoms with Gasteiger partial charge in [0.1, 0.15) is 0 Å². The Morgan fingerprint density at radius 2 is 1.63 bits per heavy atom. The molecule has 2 aromatic carbocycles. The van der Waals surface area contributed by atoms with Crippen molar-refractivity contribution < 1.29 is 40.3 Å². The molecule has 2 heterocycles. The number of nitrogens with zero attached hydrogens (tertiary/aromatic N) is 3. The van der Waals surface area contributed by atoms with Gasteiger partial charge in [-0.15, -0.1) is 0 Å². The number of oxazole rings is 1. The topological polar surface area (TPSA) is 91.8 Å². The Labute approximate surface area is 280 Å². The van der Waals surface area contributed by atoms with Gasteiger partial charge >= 0.3 is 12.4 Å². The second kappa shape index (κ2) is 14.8. The smallest absolute Gasteiger partial charge is 0.391 e. The van der Waals surface area contributed by atoms with E-state index in [1.807, 2.05) is 19.9 Å². The zero-order valence-electron chi connectivity index (χ0n) is 27.3. The number of halogens is 6. The molecule has 1 saturated heterocycles. The molecule has 1 aromatic heterocycles. The van der Waals surface area contributed by atoms with Crippen molar-refractivity contribution in [1.82, 2.24) is 20.5 Å². The fourth-order valence-electron chi connectivity index (χ4n) is 6.71. The molecule has 1 aliphatic carbocycles. The summed E-state index contributed by atoms with van der Waals surface area (Å²) in [4.78, 5) is 35.3. The van der Waals surface area contributed by atoms with Gasteiger partial charge in [-0.05, 0) is 85.9 Å². The number of carbonyl (C=O) groups is 2. The summed E-state index contributed by atoms with van der Waals surface area (Å²) in [6.45, 7) is 12.7. The molecule has 1 aliphatic heterocycles. The lowest BCUT2D eigenvalue weighted by molar-refractivity contribution is -0.225. The van der Waals surface area contributed by atoms with Gasteiger partial charge in [0.25, 0.3) is 5.91 Å². The van der Waals surface area contributed by atoms with E-state index in [2.05, 4.69) is 20.5 Å². The first-order valence-electron chi connectivity index (χ1n) is 16.5. The molecule has 0 spiro atoms. The first-order valence-corrected chi connectivity index (χ1v) is 16.5. The molecule has 2 fully saturated rings. The van der Waals surface area contributed by atoms with Crippen molar-refractivity contribution in [3.63, 3.8) is 0 Å². The number of alkyl halides is 6. The molecular weight excluding hydrogens is 652 g/mol. The van der Waals surface area contributed by atoms with Crippen molar-refractivity contribution in [2.45, 2.75) is 76.7 Å². The minimum Gasteiger partial charge on any atom is -0.436 e. The van der Waals surface area contributed by atoms with Gasteiger partial charge in [-0.1, -0.05) is 13.8 Å². The highest BCUT2D eigenvalue weighted by Gasteiger charge is 2.51. The lowest BCUT2D eigenvalue weighted by Crippen LogP contribution is -2.46. The van der Waals surface area contributed by atoms with Crippen molar-refractivity contribution in [3.8, 4) is 11.5 Å². The fourth-order valence-corrected chi connectivity index (χ4v) is 6.71. The van der Waals surface area contributed by atoms with Crippen molar-refractivity contribution in [2.75, 3.05) is 26.2 Å². The van der Waals surface area contributed by atoms with Crippen LogP contribution in [-0.2, 0) is 4.79 Å². The Morgan fingerprint density at radius 1 is 1.00 bits per heavy atom. The average molecular weight is 692 g/mol. The SMILES string of the molecule is [C-]#[N+]c1cc(C(C)C)c2oc(-c3ccc(C(=O)NCC4CCN(C(=O)CCNC5CC(C(F)(F)F)CC(C(F)(F)F)C5)CC4)cc3)nc2c1. The minimum atomic E-state index is -4.70. The van der Waals surface area contributed by atoms with Crippen LogP contribution in [0.3, 0.4) is 0 Å². The van der Waals surface area contributed by atoms with Crippen LogP contribution in [-0.4, -0.2) is 66.3 Å². The number of hydrogen-bond donors (Lipinski definition) is 2. The van der Waals surface area contributed by atoms with Gasteiger partial charge < -0.3 is 20.0 Å². The summed E-state index contributed by atoms with van der Waals surface area (Å²) < 4.78 is 85.5. The molecule has 2 amide bonds. The minimum absolute atomic E-state index is 0.00195. The fraction of sp³-hybridized carbons (Fsp3) is 0.543. The van der Waals surface area contributed by atoms with Crippen LogP contribution < -0.4 is 10.6 Å². The van der Waals surface area contributed by atoms with Gasteiger partial charge in [-0.25, -0.2) is 9.83 Å². The van der Waals surface area contributed by atoms with Crippen molar-refractivity contribution in [3.05, 3.63) is 58.9 Å². The highest BCUT2D eigenvalue weighted by Crippen LogP contribution is 2.45. The molecule has 0 bridgehead atoms. The lowest BCUT2D eigenvalue weighted by atomic mass is 9.77. The third-order valence-electron chi connectivity index (χ3n) is 9.57. The van der Waals surface area contributed by atoms with E-state index in [1.165, 1.54) is 0 Å². The number of carbonyl (C=O) groups excluding carboxylic acids is 2. The summed E-state index contributed by atoms with van der Waals surface area (Å²) in [6, 6.07) is 9.40. The van der Waals surface area contributed by atoms with Gasteiger partial charge in [-0.2, -0.15) is 26.3 Å². The van der Waals surface area contributed by atoms with Crippen molar-refractivity contribution in [1.29, 1.82) is 0 Å². The molecule has 2 atom stereocenters. The molecule has 14 heteroatoms. The van der Waals surface area contributed by atoms with E-state index in [4.69, 9.17) is 11.0 Å². The first-order chi connectivity index (χ1) is 23.1. The van der Waals surface area contributed by atoms with Crippen LogP contribution in [0.15, 0.2) is 40.8 Å². The predicted molar refractivity (Wildman–Crippen MR) is 171 cm³/mol. The summed E-state index contributed by atoms with van der Waals surface area (Å²) in [5.41, 5.74) is 3.77. The third kappa shape index (κ3) is 8.92. The molecule has 2 N–H and O–H groups in total. The molecule has 2 aliphatic rings. The highest BCUT2D eigenvalue weighted by atomic mass is 19.4. The zero-order valence-corrected chi connectivity index (χ0v) is 27.3. The molecule has 49 heavy (non-hydrogen) atoms. The Bertz CT molecular complexity index is 1650. The number of rotatable bonds is 9. The third-order valence-corrected chi connectivity index (χ3v) is 9.57. The maximum atomic E-state index is 13.2. The predicted octanol–water partition coefficient (Wildman–Crippen LogP) is 8.03. The van der Waals surface area contributed by atoms with E-state index >= 15 is 0 Å². The molecule has 264 valence electrons. The molecule has 3 aromatic rings. The molecule has 5 rings (SSSR count). The molecule has 2 unspecified atom stereocenters. The van der Waals surface area contributed by atoms with Crippen molar-refractivity contribution in [2.24, 2.45) is 17.8 Å². The molecular formula is C35H39F6N5O3. The number of amides is 2. The van der Waals surface area contributed by atoms with Gasteiger partial charge in [0.05, 0.1) is 23.9 Å². The Morgan fingerprint density at radius 3 is 2.20 bits per heavy atom. The second-order valence-electron chi connectivity index (χ2n) is 13.4. The van der Waals surface area contributed by atoms with Crippen LogP contribution in [0.4, 0.5) is 32.0 Å². The van der Waals surface area contributed by atoms with Gasteiger partial charge in [0.15, 0.2) is 11.3 Å². The van der Waals surface area contributed by atoms with Crippen LogP contribution in [0.1, 0.15) is 74.2 Å². The monoisotopic (exact) mass is 691 g/mol. The lowest BCUT2D eigenvalue weighted by Gasteiger charge is -2.37. The number of benzene rings is 2. The van der Waals surface area contributed by atoms with Crippen LogP contribution >= 0.6 is 0 Å². The van der Waals surface area contributed by atoms with Crippen LogP contribution in [0.5, 0.6) is 0 Å². The zero-order chi connectivity index (χ0) is 35.5. The van der Waals surface area contributed by atoms with Crippen molar-refractivity contribution >= 4 is 28.6 Å². The van der Waals surface area contributed by atoms with Crippen LogP contribution in [0, 0.1) is 24.3 Å². The maximum absolute atomic E-state index is 13.2. The van der Waals surface area contributed by atoms with E-state index in [0.717, 1.165) is 5.56 Å². The number of likely N-dealkylation sites (tertiary alicyclic amines) is 1. The first kappa shape index (κ1) is 36.2. The van der Waals surface area contributed by atoms with Crippen LogP contribution in [0.2, 0.25) is 0 Å². The van der Waals surface area contributed by atoms with Gasteiger partial charge in [0.2, 0.25) is 11.8 Å². The van der Waals surface area contributed by atoms with E-state index < -0.39 is 49.5 Å². The Hall–Kier alpha value is -4.12. The Kier molecular flexibility index (Phi) is 10.9. The van der Waals surface area contributed by atoms with E-state index in [-0.39, 0.29) is 36.6 Å². The number of fused-ring (bicyclic) bond motifs is 1. The summed E-state index contributed by atoms with van der Waals surface area (Å²) >= 11 is 0. The number of nitrogens with one attached hydrogen (secondary N) is 2. The van der Waals surface area contributed by atoms with Gasteiger partial charge in [0, 0.05) is 49.8 Å². The summed E-state index contributed by atoms with van der Waals surface area (Å²) in [5.74, 6) is -3.85. The number of hydrogen-bond acceptors (Lipinski definition) is 5. The van der Waals surface area contributed by atoms with E-state index in [9.17, 15) is 35.9 Å². The molecule has 8 nitrogen and oxygen atoms in total. The van der Waals surface area contributed by atoms with E-state index in [1.54, 1.807) is 35.2 Å². The summed E-state index contributed by atoms with van der Waals surface area (Å²) in [6.07, 6.45) is -9.97. The quantitative estimate of drug-likeness (QED) is 0.175. The molecule has 0 radical (unpaired) electrons.